The molecule has 8 heteroatoms. The van der Waals surface area contributed by atoms with E-state index in [2.05, 4.69) is 36.3 Å². The first kappa shape index (κ1) is 27.3. The van der Waals surface area contributed by atoms with Crippen LogP contribution in [-0.2, 0) is 4.74 Å². The Hall–Kier alpha value is -3.32. The minimum absolute atomic E-state index is 0.0162. The third kappa shape index (κ3) is 6.14. The van der Waals surface area contributed by atoms with Crippen LogP contribution in [0.4, 0.5) is 4.79 Å². The molecule has 7 nitrogen and oxygen atoms in total. The highest BCUT2D eigenvalue weighted by molar-refractivity contribution is 6.30. The summed E-state index contributed by atoms with van der Waals surface area (Å²) in [7, 11) is 0. The van der Waals surface area contributed by atoms with Crippen LogP contribution in [0, 0.1) is 6.92 Å². The number of benzene rings is 2. The van der Waals surface area contributed by atoms with Gasteiger partial charge >= 0.3 is 6.09 Å². The third-order valence-electron chi connectivity index (χ3n) is 7.65. The van der Waals surface area contributed by atoms with Crippen LogP contribution < -0.4 is 0 Å². The number of piperidine rings is 1. The Balaban J connectivity index is 1.39. The molecule has 0 unspecified atom stereocenters. The molecule has 2 fully saturated rings. The standard InChI is InChI=1S/C31H37ClN4O3/c1-21-8-10-22(11-9-21)24-14-17-35(20-24)29(37)27-19-33-36(26-7-5-6-25(32)18-26)28(27)23-12-15-34(16-13-23)30(38)39-31(2,3)4/h5-11,18-19,23-24H,12-17,20H2,1-4H3/t24-/m0/s1. The van der Waals surface area contributed by atoms with E-state index in [0.717, 1.165) is 37.2 Å². The van der Waals surface area contributed by atoms with Gasteiger partial charge in [-0.25, -0.2) is 9.48 Å². The smallest absolute Gasteiger partial charge is 0.410 e. The second-order valence-corrected chi connectivity index (χ2v) is 12.2. The second-order valence-electron chi connectivity index (χ2n) is 11.7. The monoisotopic (exact) mass is 548 g/mol. The highest BCUT2D eigenvalue weighted by atomic mass is 35.5. The van der Waals surface area contributed by atoms with Gasteiger partial charge in [-0.2, -0.15) is 5.10 Å². The van der Waals surface area contributed by atoms with Gasteiger partial charge in [0.1, 0.15) is 5.60 Å². The Morgan fingerprint density at radius 1 is 0.949 bits per heavy atom. The van der Waals surface area contributed by atoms with Gasteiger partial charge in [0.05, 0.1) is 23.1 Å². The molecule has 0 N–H and O–H groups in total. The van der Waals surface area contributed by atoms with Crippen molar-refractivity contribution in [2.24, 2.45) is 0 Å². The lowest BCUT2D eigenvalue weighted by atomic mass is 9.90. The van der Waals surface area contributed by atoms with Crippen LogP contribution in [0.5, 0.6) is 0 Å². The van der Waals surface area contributed by atoms with Crippen molar-refractivity contribution in [3.63, 3.8) is 0 Å². The summed E-state index contributed by atoms with van der Waals surface area (Å²) in [4.78, 5) is 30.3. The molecular weight excluding hydrogens is 512 g/mol. The van der Waals surface area contributed by atoms with Crippen molar-refractivity contribution in [1.82, 2.24) is 19.6 Å². The minimum atomic E-state index is -0.537. The van der Waals surface area contributed by atoms with Crippen LogP contribution in [0.25, 0.3) is 5.69 Å². The van der Waals surface area contributed by atoms with E-state index < -0.39 is 5.60 Å². The molecular formula is C31H37ClN4O3. The van der Waals surface area contributed by atoms with Gasteiger partial charge in [-0.05, 0) is 70.7 Å². The Labute approximate surface area is 235 Å². The molecule has 2 aromatic carbocycles. The maximum atomic E-state index is 13.9. The fraction of sp³-hybridized carbons (Fsp3) is 0.452. The molecule has 2 aliphatic rings. The van der Waals surface area contributed by atoms with E-state index in [4.69, 9.17) is 16.3 Å². The molecule has 2 amide bonds. The van der Waals surface area contributed by atoms with Gasteiger partial charge in [0.25, 0.3) is 5.91 Å². The van der Waals surface area contributed by atoms with Crippen molar-refractivity contribution < 1.29 is 14.3 Å². The maximum absolute atomic E-state index is 13.9. The van der Waals surface area contributed by atoms with Gasteiger partial charge in [-0.15, -0.1) is 0 Å². The molecule has 39 heavy (non-hydrogen) atoms. The summed E-state index contributed by atoms with van der Waals surface area (Å²) in [6, 6.07) is 16.2. The van der Waals surface area contributed by atoms with Crippen LogP contribution in [-0.4, -0.2) is 63.4 Å². The fourth-order valence-corrected chi connectivity index (χ4v) is 5.80. The number of aromatic nitrogens is 2. The summed E-state index contributed by atoms with van der Waals surface area (Å²) in [5, 5.41) is 5.30. The quantitative estimate of drug-likeness (QED) is 0.369. The molecule has 1 atom stereocenters. The molecule has 0 radical (unpaired) electrons. The van der Waals surface area contributed by atoms with Crippen molar-refractivity contribution in [3.05, 3.63) is 82.1 Å². The Kier molecular flexibility index (Phi) is 7.72. The molecule has 5 rings (SSSR count). The molecule has 3 heterocycles. The van der Waals surface area contributed by atoms with E-state index in [1.54, 1.807) is 11.1 Å². The van der Waals surface area contributed by atoms with Crippen molar-refractivity contribution in [2.45, 2.75) is 64.4 Å². The lowest BCUT2D eigenvalue weighted by Gasteiger charge is -2.34. The second kappa shape index (κ2) is 11.0. The lowest BCUT2D eigenvalue weighted by Crippen LogP contribution is -2.41. The molecule has 0 aliphatic carbocycles. The Bertz CT molecular complexity index is 1340. The largest absolute Gasteiger partial charge is 0.444 e. The van der Waals surface area contributed by atoms with E-state index in [1.165, 1.54) is 11.1 Å². The van der Waals surface area contributed by atoms with Crippen molar-refractivity contribution in [1.29, 1.82) is 0 Å². The topological polar surface area (TPSA) is 67.7 Å². The summed E-state index contributed by atoms with van der Waals surface area (Å²) >= 11 is 6.32. The SMILES string of the molecule is Cc1ccc([C@H]2CCN(C(=O)c3cnn(-c4cccc(Cl)c4)c3C3CCN(C(=O)OC(C)(C)C)CC3)C2)cc1. The normalized spacial score (nSPS) is 18.4. The molecule has 2 saturated heterocycles. The molecule has 0 saturated carbocycles. The highest BCUT2D eigenvalue weighted by Gasteiger charge is 2.35. The maximum Gasteiger partial charge on any atom is 0.410 e. The third-order valence-corrected chi connectivity index (χ3v) is 7.88. The van der Waals surface area contributed by atoms with Crippen LogP contribution in [0.2, 0.25) is 5.02 Å². The van der Waals surface area contributed by atoms with E-state index in [1.807, 2.05) is 54.6 Å². The zero-order valence-corrected chi connectivity index (χ0v) is 23.9. The summed E-state index contributed by atoms with van der Waals surface area (Å²) in [6.45, 7) is 10.3. The first-order chi connectivity index (χ1) is 18.6. The number of ether oxygens (including phenoxy) is 1. The first-order valence-electron chi connectivity index (χ1n) is 13.8. The molecule has 206 valence electrons. The number of hydrogen-bond donors (Lipinski definition) is 0. The summed E-state index contributed by atoms with van der Waals surface area (Å²) in [6.07, 6.45) is 3.80. The summed E-state index contributed by atoms with van der Waals surface area (Å²) in [5.74, 6) is 0.417. The number of nitrogens with zero attached hydrogens (tertiary/aromatic N) is 4. The van der Waals surface area contributed by atoms with Crippen LogP contribution in [0.1, 0.15) is 79.0 Å². The fourth-order valence-electron chi connectivity index (χ4n) is 5.62. The number of carbonyl (C=O) groups is 2. The van der Waals surface area contributed by atoms with Gasteiger partial charge in [-0.3, -0.25) is 4.79 Å². The number of amides is 2. The number of carbonyl (C=O) groups excluding carboxylic acids is 2. The van der Waals surface area contributed by atoms with Crippen LogP contribution in [0.3, 0.4) is 0 Å². The van der Waals surface area contributed by atoms with E-state index in [9.17, 15) is 9.59 Å². The van der Waals surface area contributed by atoms with Gasteiger partial charge in [0, 0.05) is 43.0 Å². The van der Waals surface area contributed by atoms with E-state index >= 15 is 0 Å². The number of rotatable bonds is 4. The van der Waals surface area contributed by atoms with E-state index in [-0.39, 0.29) is 17.9 Å². The zero-order valence-electron chi connectivity index (χ0n) is 23.2. The number of aryl methyl sites for hydroxylation is 1. The van der Waals surface area contributed by atoms with Crippen molar-refractivity contribution >= 4 is 23.6 Å². The van der Waals surface area contributed by atoms with Crippen LogP contribution >= 0.6 is 11.6 Å². The molecule has 1 aromatic heterocycles. The highest BCUT2D eigenvalue weighted by Crippen LogP contribution is 2.35. The number of likely N-dealkylation sites (tertiary alicyclic amines) is 2. The molecule has 2 aliphatic heterocycles. The minimum Gasteiger partial charge on any atom is -0.444 e. The van der Waals surface area contributed by atoms with Crippen molar-refractivity contribution in [2.75, 3.05) is 26.2 Å². The molecule has 3 aromatic rings. The van der Waals surface area contributed by atoms with Crippen LogP contribution in [0.15, 0.2) is 54.7 Å². The van der Waals surface area contributed by atoms with E-state index in [0.29, 0.717) is 36.1 Å². The summed E-state index contributed by atoms with van der Waals surface area (Å²) in [5.41, 5.74) is 4.33. The number of halogens is 1. The number of hydrogen-bond acceptors (Lipinski definition) is 4. The predicted octanol–water partition coefficient (Wildman–Crippen LogP) is 6.58. The first-order valence-corrected chi connectivity index (χ1v) is 14.1. The van der Waals surface area contributed by atoms with Gasteiger partial charge in [0.15, 0.2) is 0 Å². The zero-order chi connectivity index (χ0) is 27.7. The van der Waals surface area contributed by atoms with Gasteiger partial charge < -0.3 is 14.5 Å². The predicted molar refractivity (Wildman–Crippen MR) is 153 cm³/mol. The van der Waals surface area contributed by atoms with Gasteiger partial charge in [-0.1, -0.05) is 47.5 Å². The Morgan fingerprint density at radius 3 is 2.28 bits per heavy atom. The molecule has 0 spiro atoms. The average molecular weight is 549 g/mol. The summed E-state index contributed by atoms with van der Waals surface area (Å²) < 4.78 is 7.45. The average Bonchev–Trinajstić information content (AvgIpc) is 3.56. The van der Waals surface area contributed by atoms with Crippen molar-refractivity contribution in [3.8, 4) is 5.69 Å². The molecule has 0 bridgehead atoms. The lowest BCUT2D eigenvalue weighted by molar-refractivity contribution is 0.0203. The Morgan fingerprint density at radius 2 is 1.62 bits per heavy atom. The van der Waals surface area contributed by atoms with Gasteiger partial charge in [0.2, 0.25) is 0 Å².